The first-order valence-electron chi connectivity index (χ1n) is 8.55. The highest BCUT2D eigenvalue weighted by atomic mass is 16.2. The maximum Gasteiger partial charge on any atom is 0.291 e. The highest BCUT2D eigenvalue weighted by molar-refractivity contribution is 5.90. The van der Waals surface area contributed by atoms with E-state index in [1.807, 2.05) is 17.3 Å². The third kappa shape index (κ3) is 2.80. The van der Waals surface area contributed by atoms with Crippen LogP contribution in [0.3, 0.4) is 0 Å². The van der Waals surface area contributed by atoms with E-state index in [9.17, 15) is 4.79 Å². The molecule has 7 heteroatoms. The summed E-state index contributed by atoms with van der Waals surface area (Å²) in [4.78, 5) is 25.2. The van der Waals surface area contributed by atoms with Crippen molar-refractivity contribution in [2.45, 2.75) is 37.8 Å². The largest absolute Gasteiger partial charge is 0.334 e. The summed E-state index contributed by atoms with van der Waals surface area (Å²) < 4.78 is 0. The monoisotopic (exact) mass is 326 g/mol. The van der Waals surface area contributed by atoms with Crippen molar-refractivity contribution in [1.82, 2.24) is 30.0 Å². The molecular weight excluding hydrogens is 304 g/mol. The lowest BCUT2D eigenvalue weighted by molar-refractivity contribution is 0.0289. The number of nitrogens with one attached hydrogen (secondary N) is 1. The summed E-state index contributed by atoms with van der Waals surface area (Å²) in [5.41, 5.74) is 1.38. The van der Waals surface area contributed by atoms with Crippen molar-refractivity contribution >= 4 is 5.91 Å². The van der Waals surface area contributed by atoms with Crippen LogP contribution in [-0.2, 0) is 6.54 Å². The zero-order chi connectivity index (χ0) is 16.4. The number of carbonyl (C=O) groups excluding carboxylic acids is 1. The summed E-state index contributed by atoms with van der Waals surface area (Å²) in [6.45, 7) is 3.58. The molecule has 1 spiro atoms. The fraction of sp³-hybridized carbons (Fsp3) is 0.529. The maximum absolute atomic E-state index is 12.6. The van der Waals surface area contributed by atoms with Gasteiger partial charge in [-0.2, -0.15) is 5.10 Å². The Labute approximate surface area is 141 Å². The van der Waals surface area contributed by atoms with Crippen LogP contribution in [0.4, 0.5) is 0 Å². The molecule has 0 aliphatic carbocycles. The molecular formula is C17H22N6O. The first kappa shape index (κ1) is 15.3. The van der Waals surface area contributed by atoms with Crippen LogP contribution in [-0.4, -0.2) is 61.0 Å². The molecule has 2 aromatic heterocycles. The number of amides is 1. The normalized spacial score (nSPS) is 24.6. The summed E-state index contributed by atoms with van der Waals surface area (Å²) in [7, 11) is 0. The number of aromatic nitrogens is 4. The van der Waals surface area contributed by atoms with Crippen LogP contribution in [0.1, 0.15) is 41.9 Å². The molecule has 1 N–H and O–H groups in total. The molecule has 2 aliphatic rings. The van der Waals surface area contributed by atoms with Crippen molar-refractivity contribution in [3.8, 4) is 0 Å². The number of hydrogen-bond acceptors (Lipinski definition) is 5. The average molecular weight is 326 g/mol. The summed E-state index contributed by atoms with van der Waals surface area (Å²) in [6, 6.07) is 4.15. The van der Waals surface area contributed by atoms with E-state index < -0.39 is 0 Å². The molecule has 1 amide bonds. The quantitative estimate of drug-likeness (QED) is 0.924. The standard InChI is InChI=1S/C17H22N6O/c24-16(15-19-13-20-21-15)22-9-1-5-17(12-22)6-2-10-23(17)11-14-3-7-18-8-4-14/h3-4,7-8,13H,1-2,5-6,9-12H2,(H,19,20,21). The number of pyridine rings is 1. The minimum Gasteiger partial charge on any atom is -0.334 e. The van der Waals surface area contributed by atoms with Crippen molar-refractivity contribution in [3.63, 3.8) is 0 Å². The van der Waals surface area contributed by atoms with Gasteiger partial charge in [-0.15, -0.1) is 0 Å². The van der Waals surface area contributed by atoms with Crippen LogP contribution >= 0.6 is 0 Å². The molecule has 7 nitrogen and oxygen atoms in total. The van der Waals surface area contributed by atoms with Crippen LogP contribution < -0.4 is 0 Å². The molecule has 4 rings (SSSR count). The number of H-pyrrole nitrogens is 1. The lowest BCUT2D eigenvalue weighted by atomic mass is 9.86. The number of aromatic amines is 1. The topological polar surface area (TPSA) is 78.0 Å². The van der Waals surface area contributed by atoms with Gasteiger partial charge in [0.25, 0.3) is 5.91 Å². The number of nitrogens with zero attached hydrogens (tertiary/aromatic N) is 5. The Balaban J connectivity index is 1.51. The molecule has 1 atom stereocenters. The second kappa shape index (κ2) is 6.32. The lowest BCUT2D eigenvalue weighted by Gasteiger charge is -2.46. The van der Waals surface area contributed by atoms with Gasteiger partial charge in [0.1, 0.15) is 6.33 Å². The minimum absolute atomic E-state index is 0.0395. The highest BCUT2D eigenvalue weighted by Crippen LogP contribution is 2.38. The summed E-state index contributed by atoms with van der Waals surface area (Å²) in [5.74, 6) is 0.299. The number of piperidine rings is 1. The Morgan fingerprint density at radius 1 is 1.21 bits per heavy atom. The van der Waals surface area contributed by atoms with Gasteiger partial charge in [-0.3, -0.25) is 19.8 Å². The Morgan fingerprint density at radius 3 is 2.75 bits per heavy atom. The van der Waals surface area contributed by atoms with Crippen molar-refractivity contribution in [2.24, 2.45) is 0 Å². The van der Waals surface area contributed by atoms with Crippen LogP contribution in [0, 0.1) is 0 Å². The zero-order valence-electron chi connectivity index (χ0n) is 13.7. The SMILES string of the molecule is O=C(c1ncn[nH]1)N1CCCC2(CCCN2Cc2ccncc2)C1. The lowest BCUT2D eigenvalue weighted by Crippen LogP contribution is -2.56. The summed E-state index contributed by atoms with van der Waals surface area (Å²) in [6.07, 6.45) is 9.61. The number of likely N-dealkylation sites (tertiary alicyclic amines) is 2. The zero-order valence-corrected chi connectivity index (χ0v) is 13.7. The average Bonchev–Trinajstić information content (AvgIpc) is 3.27. The second-order valence-corrected chi connectivity index (χ2v) is 6.77. The molecule has 1 unspecified atom stereocenters. The molecule has 2 saturated heterocycles. The fourth-order valence-electron chi connectivity index (χ4n) is 4.16. The van der Waals surface area contributed by atoms with Crippen LogP contribution in [0.2, 0.25) is 0 Å². The molecule has 4 heterocycles. The van der Waals surface area contributed by atoms with Crippen molar-refractivity contribution < 1.29 is 4.79 Å². The molecule has 2 fully saturated rings. The molecule has 126 valence electrons. The third-order valence-electron chi connectivity index (χ3n) is 5.32. The molecule has 0 bridgehead atoms. The molecule has 2 aliphatic heterocycles. The van der Waals surface area contributed by atoms with Gasteiger partial charge in [-0.25, -0.2) is 4.98 Å². The van der Waals surface area contributed by atoms with Gasteiger partial charge in [-0.1, -0.05) is 0 Å². The summed E-state index contributed by atoms with van der Waals surface area (Å²) >= 11 is 0. The van der Waals surface area contributed by atoms with Gasteiger partial charge in [-0.05, 0) is 49.9 Å². The fourth-order valence-corrected chi connectivity index (χ4v) is 4.16. The number of carbonyl (C=O) groups is 1. The molecule has 0 aromatic carbocycles. The van der Waals surface area contributed by atoms with Crippen LogP contribution in [0.15, 0.2) is 30.9 Å². The number of rotatable bonds is 3. The number of hydrogen-bond donors (Lipinski definition) is 1. The van der Waals surface area contributed by atoms with Crippen molar-refractivity contribution in [2.75, 3.05) is 19.6 Å². The van der Waals surface area contributed by atoms with Gasteiger partial charge in [0.05, 0.1) is 0 Å². The van der Waals surface area contributed by atoms with E-state index in [2.05, 4.69) is 37.2 Å². The minimum atomic E-state index is -0.0395. The Kier molecular flexibility index (Phi) is 4.02. The van der Waals surface area contributed by atoms with Gasteiger partial charge >= 0.3 is 0 Å². The Morgan fingerprint density at radius 2 is 2.00 bits per heavy atom. The van der Waals surface area contributed by atoms with E-state index in [4.69, 9.17) is 0 Å². The Hall–Kier alpha value is -2.28. The second-order valence-electron chi connectivity index (χ2n) is 6.77. The van der Waals surface area contributed by atoms with Crippen LogP contribution in [0.5, 0.6) is 0 Å². The molecule has 0 radical (unpaired) electrons. The third-order valence-corrected chi connectivity index (χ3v) is 5.32. The van der Waals surface area contributed by atoms with Crippen molar-refractivity contribution in [1.29, 1.82) is 0 Å². The molecule has 2 aromatic rings. The van der Waals surface area contributed by atoms with Gasteiger partial charge in [0.2, 0.25) is 5.82 Å². The molecule has 24 heavy (non-hydrogen) atoms. The van der Waals surface area contributed by atoms with Crippen LogP contribution in [0.25, 0.3) is 0 Å². The highest BCUT2D eigenvalue weighted by Gasteiger charge is 2.45. The predicted octanol–water partition coefficient (Wildman–Crippen LogP) is 1.47. The van der Waals surface area contributed by atoms with E-state index >= 15 is 0 Å². The van der Waals surface area contributed by atoms with E-state index in [1.54, 1.807) is 0 Å². The van der Waals surface area contributed by atoms with E-state index in [1.165, 1.54) is 18.3 Å². The first-order valence-corrected chi connectivity index (χ1v) is 8.55. The predicted molar refractivity (Wildman–Crippen MR) is 88.1 cm³/mol. The molecule has 0 saturated carbocycles. The van der Waals surface area contributed by atoms with Gasteiger partial charge < -0.3 is 4.90 Å². The first-order chi connectivity index (χ1) is 11.8. The van der Waals surface area contributed by atoms with E-state index in [0.29, 0.717) is 5.82 Å². The van der Waals surface area contributed by atoms with Gasteiger partial charge in [0, 0.05) is 37.6 Å². The smallest absolute Gasteiger partial charge is 0.291 e. The van der Waals surface area contributed by atoms with E-state index in [-0.39, 0.29) is 11.4 Å². The van der Waals surface area contributed by atoms with Crippen molar-refractivity contribution in [3.05, 3.63) is 42.2 Å². The Bertz CT molecular complexity index is 688. The maximum atomic E-state index is 12.6. The van der Waals surface area contributed by atoms with E-state index in [0.717, 1.165) is 45.4 Å². The van der Waals surface area contributed by atoms with Gasteiger partial charge in [0.15, 0.2) is 0 Å². The summed E-state index contributed by atoms with van der Waals surface area (Å²) in [5, 5.41) is 6.49.